The number of amides is 2. The molecule has 2 aliphatic rings. The maximum Gasteiger partial charge on any atom is 0.256 e. The number of hydrogen-bond acceptors (Lipinski definition) is 6. The Kier molecular flexibility index (Phi) is 7.42. The Balaban J connectivity index is 1.51. The van der Waals surface area contributed by atoms with E-state index in [1.54, 1.807) is 7.05 Å². The number of nitrogens with zero attached hydrogens (tertiary/aromatic N) is 2. The lowest BCUT2D eigenvalue weighted by Gasteiger charge is -2.30. The van der Waals surface area contributed by atoms with E-state index in [0.717, 1.165) is 68.6 Å². The van der Waals surface area contributed by atoms with Crippen molar-refractivity contribution in [3.05, 3.63) is 45.8 Å². The molecule has 4 rings (SSSR count). The average molecular weight is 505 g/mol. The van der Waals surface area contributed by atoms with Crippen LogP contribution in [0.5, 0.6) is 0 Å². The number of anilines is 1. The number of hydrogen-bond donors (Lipinski definition) is 2. The molecule has 0 spiro atoms. The normalized spacial score (nSPS) is 17.5. The van der Waals surface area contributed by atoms with Gasteiger partial charge in [-0.25, -0.2) is 8.42 Å². The molecule has 0 bridgehead atoms. The summed E-state index contributed by atoms with van der Waals surface area (Å²) in [5.74, 6) is -0.956. The predicted octanol–water partition coefficient (Wildman–Crippen LogP) is 3.43. The maximum absolute atomic E-state index is 13.1. The highest BCUT2D eigenvalue weighted by molar-refractivity contribution is 7.89. The molecule has 184 valence electrons. The quantitative estimate of drug-likeness (QED) is 0.600. The molecule has 1 aliphatic heterocycles. The number of sulfonamides is 1. The van der Waals surface area contributed by atoms with E-state index in [2.05, 4.69) is 17.1 Å². The molecule has 1 aromatic carbocycles. The first-order chi connectivity index (χ1) is 16.2. The summed E-state index contributed by atoms with van der Waals surface area (Å²) in [6.45, 7) is 4.58. The number of nitrogens with one attached hydrogen (secondary N) is 1. The fourth-order valence-electron chi connectivity index (χ4n) is 4.84. The van der Waals surface area contributed by atoms with Crippen LogP contribution in [0.3, 0.4) is 0 Å². The molecule has 1 saturated carbocycles. The van der Waals surface area contributed by atoms with E-state index in [-0.39, 0.29) is 10.9 Å². The minimum Gasteiger partial charge on any atom is -0.365 e. The molecular weight excluding hydrogens is 472 g/mol. The summed E-state index contributed by atoms with van der Waals surface area (Å²) < 4.78 is 27.6. The molecule has 1 fully saturated rings. The Labute approximate surface area is 205 Å². The highest BCUT2D eigenvalue weighted by atomic mass is 32.2. The van der Waals surface area contributed by atoms with E-state index < -0.39 is 21.8 Å². The van der Waals surface area contributed by atoms with Crippen LogP contribution in [0.25, 0.3) is 0 Å². The van der Waals surface area contributed by atoms with Crippen LogP contribution in [0.2, 0.25) is 0 Å². The largest absolute Gasteiger partial charge is 0.365 e. The van der Waals surface area contributed by atoms with E-state index in [1.807, 2.05) is 0 Å². The zero-order valence-corrected chi connectivity index (χ0v) is 21.3. The highest BCUT2D eigenvalue weighted by Crippen LogP contribution is 2.37. The third kappa shape index (κ3) is 4.91. The number of rotatable bonds is 7. The lowest BCUT2D eigenvalue weighted by Crippen LogP contribution is -2.38. The van der Waals surface area contributed by atoms with Gasteiger partial charge >= 0.3 is 0 Å². The number of fused-ring (bicyclic) bond motifs is 1. The van der Waals surface area contributed by atoms with Gasteiger partial charge in [0.15, 0.2) is 0 Å². The van der Waals surface area contributed by atoms with Crippen LogP contribution >= 0.6 is 11.3 Å². The van der Waals surface area contributed by atoms with Crippen LogP contribution in [-0.2, 0) is 23.0 Å². The van der Waals surface area contributed by atoms with E-state index in [0.29, 0.717) is 16.1 Å². The maximum atomic E-state index is 13.1. The Morgan fingerprint density at radius 2 is 1.85 bits per heavy atom. The minimum atomic E-state index is -3.63. The topological polar surface area (TPSA) is 113 Å². The second-order valence-corrected chi connectivity index (χ2v) is 12.1. The Bertz CT molecular complexity index is 1170. The second-order valence-electron chi connectivity index (χ2n) is 8.98. The predicted molar refractivity (Wildman–Crippen MR) is 134 cm³/mol. The summed E-state index contributed by atoms with van der Waals surface area (Å²) in [5, 5.41) is 3.28. The van der Waals surface area contributed by atoms with Crippen LogP contribution in [0.4, 0.5) is 5.00 Å². The molecule has 0 unspecified atom stereocenters. The van der Waals surface area contributed by atoms with Crippen molar-refractivity contribution in [2.45, 2.75) is 62.9 Å². The monoisotopic (exact) mass is 504 g/mol. The zero-order valence-electron chi connectivity index (χ0n) is 19.7. The van der Waals surface area contributed by atoms with Gasteiger partial charge in [-0.2, -0.15) is 4.31 Å². The van der Waals surface area contributed by atoms with Crippen LogP contribution in [0.15, 0.2) is 29.2 Å². The lowest BCUT2D eigenvalue weighted by atomic mass is 9.96. The van der Waals surface area contributed by atoms with Crippen molar-refractivity contribution in [2.75, 3.05) is 25.5 Å². The Morgan fingerprint density at radius 1 is 1.18 bits per heavy atom. The Hall–Kier alpha value is -2.27. The lowest BCUT2D eigenvalue weighted by molar-refractivity contribution is 0.1000. The van der Waals surface area contributed by atoms with Gasteiger partial charge in [0.1, 0.15) is 5.00 Å². The van der Waals surface area contributed by atoms with Crippen molar-refractivity contribution in [3.63, 3.8) is 0 Å². The molecule has 1 aromatic heterocycles. The number of thiophene rings is 1. The number of carbonyl (C=O) groups excluding carboxylic acids is 2. The van der Waals surface area contributed by atoms with Crippen molar-refractivity contribution in [1.82, 2.24) is 9.21 Å². The molecule has 2 aromatic rings. The summed E-state index contributed by atoms with van der Waals surface area (Å²) in [6.07, 6.45) is 5.70. The SMILES string of the molecule is CCN1CCc2c(sc(NC(=O)c3ccc(S(=O)(=O)N(C)C4CCCCC4)cc3)c2C(N)=O)C1. The molecule has 0 saturated heterocycles. The van der Waals surface area contributed by atoms with Crippen LogP contribution < -0.4 is 11.1 Å². The first-order valence-corrected chi connectivity index (χ1v) is 14.0. The van der Waals surface area contributed by atoms with Crippen LogP contribution in [0.1, 0.15) is 70.2 Å². The van der Waals surface area contributed by atoms with E-state index >= 15 is 0 Å². The van der Waals surface area contributed by atoms with Gasteiger partial charge in [0.05, 0.1) is 10.5 Å². The van der Waals surface area contributed by atoms with Gasteiger partial charge in [-0.05, 0) is 55.6 Å². The van der Waals surface area contributed by atoms with E-state index in [9.17, 15) is 18.0 Å². The minimum absolute atomic E-state index is 0.0161. The molecule has 3 N–H and O–H groups in total. The molecule has 0 atom stereocenters. The standard InChI is InChI=1S/C24H32N4O4S2/c1-3-28-14-13-19-20(15-28)33-24(21(19)22(25)29)26-23(30)16-9-11-18(12-10-16)34(31,32)27(2)17-7-5-4-6-8-17/h9-12,17H,3-8,13-15H2,1-2H3,(H2,25,29)(H,26,30). The molecule has 8 nitrogen and oxygen atoms in total. The smallest absolute Gasteiger partial charge is 0.256 e. The number of benzene rings is 1. The van der Waals surface area contributed by atoms with Gasteiger partial charge in [0.25, 0.3) is 11.8 Å². The fraction of sp³-hybridized carbons (Fsp3) is 0.500. The van der Waals surface area contributed by atoms with Gasteiger partial charge < -0.3 is 11.1 Å². The third-order valence-corrected chi connectivity index (χ3v) is 10.00. The summed E-state index contributed by atoms with van der Waals surface area (Å²) in [5.41, 5.74) is 7.28. The summed E-state index contributed by atoms with van der Waals surface area (Å²) in [7, 11) is -2.00. The number of nitrogens with two attached hydrogens (primary N) is 1. The van der Waals surface area contributed by atoms with Gasteiger partial charge in [0, 0.05) is 36.6 Å². The first kappa shape index (κ1) is 24.8. The number of primary amides is 1. The van der Waals surface area contributed by atoms with Crippen LogP contribution in [0, 0.1) is 0 Å². The Morgan fingerprint density at radius 3 is 2.47 bits per heavy atom. The average Bonchev–Trinajstić information content (AvgIpc) is 3.21. The second kappa shape index (κ2) is 10.2. The molecular formula is C24H32N4O4S2. The molecule has 0 radical (unpaired) electrons. The fourth-order valence-corrected chi connectivity index (χ4v) is 7.54. The van der Waals surface area contributed by atoms with Crippen LogP contribution in [-0.4, -0.2) is 55.6 Å². The molecule has 34 heavy (non-hydrogen) atoms. The first-order valence-electron chi connectivity index (χ1n) is 11.8. The van der Waals surface area contributed by atoms with E-state index in [4.69, 9.17) is 5.73 Å². The van der Waals surface area contributed by atoms with Gasteiger partial charge in [-0.15, -0.1) is 11.3 Å². The highest BCUT2D eigenvalue weighted by Gasteiger charge is 2.30. The number of likely N-dealkylation sites (N-methyl/N-ethyl adjacent to an activating group) is 1. The van der Waals surface area contributed by atoms with Crippen molar-refractivity contribution in [3.8, 4) is 0 Å². The molecule has 10 heteroatoms. The third-order valence-electron chi connectivity index (χ3n) is 6.94. The van der Waals surface area contributed by atoms with E-state index in [1.165, 1.54) is 39.9 Å². The summed E-state index contributed by atoms with van der Waals surface area (Å²) >= 11 is 1.38. The number of carbonyl (C=O) groups is 2. The summed E-state index contributed by atoms with van der Waals surface area (Å²) in [6, 6.07) is 5.97. The van der Waals surface area contributed by atoms with Gasteiger partial charge in [-0.3, -0.25) is 14.5 Å². The van der Waals surface area contributed by atoms with Gasteiger partial charge in [-0.1, -0.05) is 26.2 Å². The van der Waals surface area contributed by atoms with Crippen molar-refractivity contribution < 1.29 is 18.0 Å². The van der Waals surface area contributed by atoms with Crippen molar-refractivity contribution >= 4 is 38.2 Å². The zero-order chi connectivity index (χ0) is 24.5. The van der Waals surface area contributed by atoms with Crippen molar-refractivity contribution in [2.24, 2.45) is 5.73 Å². The van der Waals surface area contributed by atoms with Gasteiger partial charge in [0.2, 0.25) is 10.0 Å². The molecule has 2 amide bonds. The summed E-state index contributed by atoms with van der Waals surface area (Å²) in [4.78, 5) is 28.6. The molecule has 1 aliphatic carbocycles. The van der Waals surface area contributed by atoms with Crippen molar-refractivity contribution in [1.29, 1.82) is 0 Å². The molecule has 2 heterocycles.